The predicted molar refractivity (Wildman–Crippen MR) is 97.0 cm³/mol. The second-order valence-corrected chi connectivity index (χ2v) is 6.60. The van der Waals surface area contributed by atoms with Crippen LogP contribution in [-0.4, -0.2) is 31.1 Å². The zero-order valence-electron chi connectivity index (χ0n) is 12.7. The van der Waals surface area contributed by atoms with Crippen LogP contribution in [0.3, 0.4) is 0 Å². The Bertz CT molecular complexity index is 613. The smallest absolute Gasteiger partial charge is 0.0702 e. The van der Waals surface area contributed by atoms with Crippen LogP contribution in [0.15, 0.2) is 42.5 Å². The van der Waals surface area contributed by atoms with Crippen LogP contribution in [0.5, 0.6) is 0 Å². The molecule has 2 aromatic rings. The summed E-state index contributed by atoms with van der Waals surface area (Å²) >= 11 is 2.27. The molecule has 1 N–H and O–H groups in total. The van der Waals surface area contributed by atoms with Gasteiger partial charge in [0.2, 0.25) is 0 Å². The van der Waals surface area contributed by atoms with Crippen molar-refractivity contribution >= 4 is 34.0 Å². The summed E-state index contributed by atoms with van der Waals surface area (Å²) in [6.45, 7) is 0.936. The number of anilines is 2. The van der Waals surface area contributed by atoms with Crippen molar-refractivity contribution in [3.05, 3.63) is 57.2 Å². The summed E-state index contributed by atoms with van der Waals surface area (Å²) in [7, 11) is 6.19. The van der Waals surface area contributed by atoms with Crippen molar-refractivity contribution < 1.29 is 5.11 Å². The van der Waals surface area contributed by atoms with E-state index in [4.69, 9.17) is 0 Å². The second kappa shape index (κ2) is 7.24. The number of para-hydroxylation sites is 1. The second-order valence-electron chi connectivity index (χ2n) is 5.36. The monoisotopic (exact) mass is 396 g/mol. The largest absolute Gasteiger partial charge is 0.392 e. The molecule has 0 saturated carbocycles. The zero-order valence-corrected chi connectivity index (χ0v) is 14.8. The maximum atomic E-state index is 9.62. The van der Waals surface area contributed by atoms with Crippen molar-refractivity contribution in [2.45, 2.75) is 13.2 Å². The van der Waals surface area contributed by atoms with Gasteiger partial charge in [0, 0.05) is 34.1 Å². The molecule has 2 rings (SSSR count). The molecule has 0 aliphatic heterocycles. The van der Waals surface area contributed by atoms with E-state index in [2.05, 4.69) is 89.9 Å². The highest BCUT2D eigenvalue weighted by Crippen LogP contribution is 2.31. The number of hydrogen-bond acceptors (Lipinski definition) is 3. The van der Waals surface area contributed by atoms with Crippen LogP contribution in [0.4, 0.5) is 11.4 Å². The van der Waals surface area contributed by atoms with Gasteiger partial charge >= 0.3 is 0 Å². The molecule has 0 amide bonds. The lowest BCUT2D eigenvalue weighted by molar-refractivity contribution is 0.282. The van der Waals surface area contributed by atoms with Gasteiger partial charge in [-0.25, -0.2) is 0 Å². The Morgan fingerprint density at radius 1 is 0.952 bits per heavy atom. The third-order valence-corrected chi connectivity index (χ3v) is 4.08. The fourth-order valence-electron chi connectivity index (χ4n) is 2.45. The summed E-state index contributed by atoms with van der Waals surface area (Å²) in [6, 6.07) is 14.6. The fourth-order valence-corrected chi connectivity index (χ4v) is 3.01. The van der Waals surface area contributed by atoms with Crippen molar-refractivity contribution in [1.29, 1.82) is 0 Å². The van der Waals surface area contributed by atoms with Gasteiger partial charge in [0.05, 0.1) is 6.61 Å². The van der Waals surface area contributed by atoms with Gasteiger partial charge in [0.25, 0.3) is 0 Å². The van der Waals surface area contributed by atoms with Gasteiger partial charge in [0.15, 0.2) is 0 Å². The highest BCUT2D eigenvalue weighted by Gasteiger charge is 2.13. The summed E-state index contributed by atoms with van der Waals surface area (Å²) in [6.07, 6.45) is 0. The van der Waals surface area contributed by atoms with Gasteiger partial charge in [-0.15, -0.1) is 0 Å². The molecule has 0 saturated heterocycles. The molecular formula is C17H21IN2O. The van der Waals surface area contributed by atoms with Crippen molar-refractivity contribution in [2.75, 3.05) is 26.0 Å². The standard InChI is InChI=1S/C17H21IN2O/c1-19(2)11-13-6-4-5-7-16(13)20(3)17-9-8-15(18)10-14(17)12-21/h4-10,21H,11-12H2,1-3H3. The minimum absolute atomic E-state index is 0.0480. The molecule has 0 atom stereocenters. The molecule has 0 unspecified atom stereocenters. The molecule has 2 aromatic carbocycles. The van der Waals surface area contributed by atoms with E-state index >= 15 is 0 Å². The minimum atomic E-state index is 0.0480. The van der Waals surface area contributed by atoms with Crippen LogP contribution in [0.1, 0.15) is 11.1 Å². The van der Waals surface area contributed by atoms with Gasteiger partial charge in [-0.05, 0) is 66.5 Å². The lowest BCUT2D eigenvalue weighted by Crippen LogP contribution is -2.17. The first-order valence-corrected chi connectivity index (χ1v) is 7.96. The third-order valence-electron chi connectivity index (χ3n) is 3.41. The SMILES string of the molecule is CN(C)Cc1ccccc1N(C)c1ccc(I)cc1CO. The number of hydrogen-bond donors (Lipinski definition) is 1. The van der Waals surface area contributed by atoms with E-state index in [-0.39, 0.29) is 6.61 Å². The maximum absolute atomic E-state index is 9.62. The normalized spacial score (nSPS) is 11.0. The van der Waals surface area contributed by atoms with Gasteiger partial charge in [-0.2, -0.15) is 0 Å². The Labute approximate surface area is 140 Å². The first-order valence-electron chi connectivity index (χ1n) is 6.88. The van der Waals surface area contributed by atoms with Crippen LogP contribution in [0, 0.1) is 3.57 Å². The lowest BCUT2D eigenvalue weighted by Gasteiger charge is -2.26. The fraction of sp³-hybridized carbons (Fsp3) is 0.294. The predicted octanol–water partition coefficient (Wildman–Crippen LogP) is 3.61. The summed E-state index contributed by atoms with van der Waals surface area (Å²) in [5.74, 6) is 0. The molecule has 0 spiro atoms. The quantitative estimate of drug-likeness (QED) is 0.783. The highest BCUT2D eigenvalue weighted by atomic mass is 127. The van der Waals surface area contributed by atoms with Crippen LogP contribution < -0.4 is 4.90 Å². The minimum Gasteiger partial charge on any atom is -0.392 e. The molecule has 0 heterocycles. The Morgan fingerprint density at radius 3 is 2.29 bits per heavy atom. The topological polar surface area (TPSA) is 26.7 Å². The highest BCUT2D eigenvalue weighted by molar-refractivity contribution is 14.1. The molecule has 4 heteroatoms. The van der Waals surface area contributed by atoms with Crippen molar-refractivity contribution in [3.8, 4) is 0 Å². The Morgan fingerprint density at radius 2 is 1.62 bits per heavy atom. The average molecular weight is 396 g/mol. The van der Waals surface area contributed by atoms with Crippen LogP contribution in [0.2, 0.25) is 0 Å². The number of aliphatic hydroxyl groups is 1. The van der Waals surface area contributed by atoms with E-state index in [0.717, 1.165) is 21.4 Å². The van der Waals surface area contributed by atoms with Gasteiger partial charge in [-0.3, -0.25) is 0 Å². The van der Waals surface area contributed by atoms with Crippen LogP contribution in [0.25, 0.3) is 0 Å². The van der Waals surface area contributed by atoms with Gasteiger partial charge in [-0.1, -0.05) is 18.2 Å². The number of rotatable bonds is 5. The first-order chi connectivity index (χ1) is 10.0. The van der Waals surface area contributed by atoms with Gasteiger partial charge < -0.3 is 14.9 Å². The summed E-state index contributed by atoms with van der Waals surface area (Å²) in [5, 5.41) is 9.62. The Kier molecular flexibility index (Phi) is 5.61. The first kappa shape index (κ1) is 16.3. The molecule has 0 aliphatic rings. The lowest BCUT2D eigenvalue weighted by atomic mass is 10.1. The molecule has 0 bridgehead atoms. The number of halogens is 1. The van der Waals surface area contributed by atoms with Crippen molar-refractivity contribution in [1.82, 2.24) is 4.90 Å². The van der Waals surface area contributed by atoms with Crippen molar-refractivity contribution in [2.24, 2.45) is 0 Å². The molecule has 0 aromatic heterocycles. The number of aliphatic hydroxyl groups excluding tert-OH is 1. The van der Waals surface area contributed by atoms with E-state index in [1.807, 2.05) is 6.07 Å². The van der Waals surface area contributed by atoms with E-state index in [0.29, 0.717) is 0 Å². The maximum Gasteiger partial charge on any atom is 0.0702 e. The third kappa shape index (κ3) is 3.96. The molecule has 3 nitrogen and oxygen atoms in total. The average Bonchev–Trinajstić information content (AvgIpc) is 2.46. The number of nitrogens with zero attached hydrogens (tertiary/aromatic N) is 2. The van der Waals surface area contributed by atoms with Crippen LogP contribution >= 0.6 is 22.6 Å². The van der Waals surface area contributed by atoms with Crippen molar-refractivity contribution in [3.63, 3.8) is 0 Å². The zero-order chi connectivity index (χ0) is 15.4. The number of benzene rings is 2. The molecule has 112 valence electrons. The Hall–Kier alpha value is -1.11. The molecule has 0 fully saturated rings. The van der Waals surface area contributed by atoms with Crippen LogP contribution in [-0.2, 0) is 13.2 Å². The van der Waals surface area contributed by atoms with E-state index in [1.165, 1.54) is 11.3 Å². The molecule has 0 radical (unpaired) electrons. The Balaban J connectivity index is 2.42. The molecular weight excluding hydrogens is 375 g/mol. The van der Waals surface area contributed by atoms with E-state index in [9.17, 15) is 5.11 Å². The van der Waals surface area contributed by atoms with E-state index in [1.54, 1.807) is 0 Å². The summed E-state index contributed by atoms with van der Waals surface area (Å²) in [5.41, 5.74) is 4.43. The molecule has 0 aliphatic carbocycles. The molecule has 21 heavy (non-hydrogen) atoms. The summed E-state index contributed by atoms with van der Waals surface area (Å²) in [4.78, 5) is 4.31. The van der Waals surface area contributed by atoms with Gasteiger partial charge in [0.1, 0.15) is 0 Å². The summed E-state index contributed by atoms with van der Waals surface area (Å²) < 4.78 is 1.13. The van der Waals surface area contributed by atoms with E-state index < -0.39 is 0 Å².